The number of carbonyl (C=O) groups is 2. The molecule has 24 heavy (non-hydrogen) atoms. The lowest BCUT2D eigenvalue weighted by Crippen LogP contribution is -2.10. The number of hydrogen-bond acceptors (Lipinski definition) is 6. The van der Waals surface area contributed by atoms with Gasteiger partial charge in [0.05, 0.1) is 11.5 Å². The molecule has 7 heteroatoms. The van der Waals surface area contributed by atoms with Gasteiger partial charge in [-0.3, -0.25) is 4.79 Å². The summed E-state index contributed by atoms with van der Waals surface area (Å²) in [6.45, 7) is 1.71. The molecule has 0 saturated heterocycles. The number of ether oxygens (including phenoxy) is 1. The van der Waals surface area contributed by atoms with Gasteiger partial charge in [-0.1, -0.05) is 6.07 Å². The number of aliphatic hydroxyl groups is 1. The van der Waals surface area contributed by atoms with Crippen LogP contribution in [0.15, 0.2) is 47.4 Å². The highest BCUT2D eigenvalue weighted by molar-refractivity contribution is 7.12. The van der Waals surface area contributed by atoms with E-state index in [1.54, 1.807) is 42.6 Å². The molecule has 0 saturated carbocycles. The summed E-state index contributed by atoms with van der Waals surface area (Å²) in [6, 6.07) is 11.3. The highest BCUT2D eigenvalue weighted by Gasteiger charge is 2.17. The topological polar surface area (TPSA) is 99.4 Å². The van der Waals surface area contributed by atoms with Crippen molar-refractivity contribution in [2.45, 2.75) is 6.92 Å². The molecule has 6 nitrogen and oxygen atoms in total. The third-order valence-corrected chi connectivity index (χ3v) is 3.86. The molecule has 0 bridgehead atoms. The number of thiophene rings is 1. The lowest BCUT2D eigenvalue weighted by atomic mass is 10.1. The summed E-state index contributed by atoms with van der Waals surface area (Å²) in [6.07, 6.45) is 0. The van der Waals surface area contributed by atoms with Crippen LogP contribution in [0.2, 0.25) is 0 Å². The maximum Gasteiger partial charge on any atom is 0.352 e. The number of anilines is 1. The van der Waals surface area contributed by atoms with E-state index in [-0.39, 0.29) is 18.1 Å². The Kier molecular flexibility index (Phi) is 5.71. The largest absolute Gasteiger partial charge is 0.506 e. The number of nitriles is 1. The number of aliphatic hydroxyl groups excluding tert-OH is 1. The summed E-state index contributed by atoms with van der Waals surface area (Å²) < 4.78 is 4.72. The van der Waals surface area contributed by atoms with Crippen LogP contribution in [0, 0.1) is 11.3 Å². The van der Waals surface area contributed by atoms with Gasteiger partial charge < -0.3 is 15.2 Å². The number of rotatable bonds is 5. The fraction of sp³-hybridized carbons (Fsp3) is 0.118. The summed E-state index contributed by atoms with van der Waals surface area (Å²) in [5, 5.41) is 23.6. The number of carbonyl (C=O) groups excluding carboxylic acids is 2. The van der Waals surface area contributed by atoms with Crippen LogP contribution in [0.1, 0.15) is 22.2 Å². The Balaban J connectivity index is 2.18. The van der Waals surface area contributed by atoms with E-state index in [1.165, 1.54) is 23.5 Å². The Morgan fingerprint density at radius 1 is 1.29 bits per heavy atom. The Morgan fingerprint density at radius 3 is 2.54 bits per heavy atom. The molecular weight excluding hydrogens is 328 g/mol. The van der Waals surface area contributed by atoms with Crippen LogP contribution in [-0.4, -0.2) is 23.6 Å². The van der Waals surface area contributed by atoms with Crippen molar-refractivity contribution in [3.8, 4) is 6.07 Å². The molecule has 0 unspecified atom stereocenters. The van der Waals surface area contributed by atoms with Gasteiger partial charge >= 0.3 is 5.97 Å². The molecule has 0 aliphatic rings. The molecule has 1 heterocycles. The third kappa shape index (κ3) is 4.00. The van der Waals surface area contributed by atoms with Crippen molar-refractivity contribution in [1.82, 2.24) is 0 Å². The zero-order valence-corrected chi connectivity index (χ0v) is 13.6. The fourth-order valence-corrected chi connectivity index (χ4v) is 2.47. The summed E-state index contributed by atoms with van der Waals surface area (Å²) in [4.78, 5) is 24.1. The van der Waals surface area contributed by atoms with E-state index in [9.17, 15) is 14.7 Å². The van der Waals surface area contributed by atoms with Crippen LogP contribution in [0.4, 0.5) is 5.69 Å². The highest BCUT2D eigenvalue weighted by atomic mass is 32.1. The van der Waals surface area contributed by atoms with E-state index in [1.807, 2.05) is 0 Å². The number of amides is 1. The lowest BCUT2D eigenvalue weighted by Gasteiger charge is -2.07. The first-order valence-electron chi connectivity index (χ1n) is 7.02. The van der Waals surface area contributed by atoms with Gasteiger partial charge in [-0.2, -0.15) is 5.26 Å². The van der Waals surface area contributed by atoms with E-state index >= 15 is 0 Å². The van der Waals surface area contributed by atoms with Gasteiger partial charge in [0.15, 0.2) is 5.57 Å². The second-order valence-corrected chi connectivity index (χ2v) is 5.51. The number of nitrogens with zero attached hydrogens (tertiary/aromatic N) is 1. The van der Waals surface area contributed by atoms with Gasteiger partial charge in [0, 0.05) is 11.3 Å². The Morgan fingerprint density at radius 2 is 2.00 bits per heavy atom. The van der Waals surface area contributed by atoms with Gasteiger partial charge in [0.2, 0.25) is 0 Å². The van der Waals surface area contributed by atoms with Crippen LogP contribution in [0.3, 0.4) is 0 Å². The molecule has 0 fully saturated rings. The minimum atomic E-state index is -0.882. The minimum Gasteiger partial charge on any atom is -0.506 e. The van der Waals surface area contributed by atoms with Crippen molar-refractivity contribution < 1.29 is 19.4 Å². The Hall–Kier alpha value is -3.11. The second-order valence-electron chi connectivity index (χ2n) is 4.56. The first-order valence-corrected chi connectivity index (χ1v) is 7.90. The maximum atomic E-state index is 11.9. The molecule has 1 amide bonds. The summed E-state index contributed by atoms with van der Waals surface area (Å²) in [7, 11) is 0. The molecule has 1 aromatic carbocycles. The molecule has 1 aromatic heterocycles. The van der Waals surface area contributed by atoms with Gasteiger partial charge in [-0.05, 0) is 42.6 Å². The van der Waals surface area contributed by atoms with Crippen molar-refractivity contribution >= 4 is 34.7 Å². The first-order chi connectivity index (χ1) is 11.6. The van der Waals surface area contributed by atoms with E-state index in [2.05, 4.69) is 5.32 Å². The first kappa shape index (κ1) is 17.2. The lowest BCUT2D eigenvalue weighted by molar-refractivity contribution is -0.138. The van der Waals surface area contributed by atoms with Gasteiger partial charge in [0.1, 0.15) is 11.8 Å². The zero-order chi connectivity index (χ0) is 17.5. The van der Waals surface area contributed by atoms with E-state index in [4.69, 9.17) is 10.00 Å². The SMILES string of the molecule is CCOC(=O)C(C#N)=C(O)c1ccc(NC(=O)c2cccs2)cc1. The van der Waals surface area contributed by atoms with Crippen LogP contribution < -0.4 is 5.32 Å². The predicted octanol–water partition coefficient (Wildman–Crippen LogP) is 3.36. The smallest absolute Gasteiger partial charge is 0.352 e. The number of nitrogens with one attached hydrogen (secondary N) is 1. The molecule has 2 rings (SSSR count). The molecule has 122 valence electrons. The maximum absolute atomic E-state index is 11.9. The summed E-state index contributed by atoms with van der Waals surface area (Å²) >= 11 is 1.33. The van der Waals surface area contributed by atoms with Crippen LogP contribution >= 0.6 is 11.3 Å². The van der Waals surface area contributed by atoms with Crippen molar-refractivity contribution in [2.24, 2.45) is 0 Å². The highest BCUT2D eigenvalue weighted by Crippen LogP contribution is 2.20. The summed E-state index contributed by atoms with van der Waals surface area (Å²) in [5.74, 6) is -1.58. The molecule has 0 radical (unpaired) electrons. The quantitative estimate of drug-likeness (QED) is 0.376. The molecule has 0 aliphatic heterocycles. The molecule has 0 atom stereocenters. The predicted molar refractivity (Wildman–Crippen MR) is 90.5 cm³/mol. The Bertz CT molecular complexity index is 802. The van der Waals surface area contributed by atoms with Crippen molar-refractivity contribution in [3.63, 3.8) is 0 Å². The molecule has 2 aromatic rings. The normalized spacial score (nSPS) is 11.2. The average molecular weight is 342 g/mol. The summed E-state index contributed by atoms with van der Waals surface area (Å²) in [5.41, 5.74) is 0.334. The number of benzene rings is 1. The molecule has 0 aliphatic carbocycles. The monoisotopic (exact) mass is 342 g/mol. The fourth-order valence-electron chi connectivity index (χ4n) is 1.85. The van der Waals surface area contributed by atoms with Gasteiger partial charge in [-0.25, -0.2) is 4.79 Å². The molecule has 0 spiro atoms. The van der Waals surface area contributed by atoms with E-state index in [0.29, 0.717) is 10.6 Å². The van der Waals surface area contributed by atoms with Gasteiger partial charge in [0.25, 0.3) is 5.91 Å². The van der Waals surface area contributed by atoms with Crippen LogP contribution in [-0.2, 0) is 9.53 Å². The number of hydrogen-bond donors (Lipinski definition) is 2. The van der Waals surface area contributed by atoms with E-state index < -0.39 is 17.3 Å². The van der Waals surface area contributed by atoms with Crippen molar-refractivity contribution in [3.05, 3.63) is 57.8 Å². The van der Waals surface area contributed by atoms with Crippen molar-refractivity contribution in [1.29, 1.82) is 5.26 Å². The van der Waals surface area contributed by atoms with E-state index in [0.717, 1.165) is 0 Å². The Labute approximate surface area is 142 Å². The standard InChI is InChI=1S/C17H14N2O4S/c1-2-23-17(22)13(10-18)15(20)11-5-7-12(8-6-11)19-16(21)14-4-3-9-24-14/h3-9,20H,2H2,1H3,(H,19,21). The molecular formula is C17H14N2O4S. The minimum absolute atomic E-state index is 0.102. The second kappa shape index (κ2) is 7.94. The van der Waals surface area contributed by atoms with Crippen molar-refractivity contribution in [2.75, 3.05) is 11.9 Å². The van der Waals surface area contributed by atoms with Crippen LogP contribution in [0.25, 0.3) is 5.76 Å². The third-order valence-electron chi connectivity index (χ3n) is 2.99. The van der Waals surface area contributed by atoms with Crippen LogP contribution in [0.5, 0.6) is 0 Å². The van der Waals surface area contributed by atoms with Gasteiger partial charge in [-0.15, -0.1) is 11.3 Å². The number of esters is 1. The zero-order valence-electron chi connectivity index (χ0n) is 12.8. The average Bonchev–Trinajstić information content (AvgIpc) is 3.11. The molecule has 2 N–H and O–H groups in total.